The first-order valence-corrected chi connectivity index (χ1v) is 7.24. The molecule has 0 fully saturated rings. The molecule has 0 unspecified atom stereocenters. The van der Waals surface area contributed by atoms with Crippen LogP contribution < -0.4 is 0 Å². The Morgan fingerprint density at radius 2 is 1.04 bits per heavy atom. The van der Waals surface area contributed by atoms with Crippen molar-refractivity contribution >= 4 is 28.7 Å². The van der Waals surface area contributed by atoms with Gasteiger partial charge in [0, 0.05) is 0 Å². The molecule has 0 radical (unpaired) electrons. The predicted octanol–water partition coefficient (Wildman–Crippen LogP) is 3.60. The second-order valence-electron chi connectivity index (χ2n) is 5.49. The first-order chi connectivity index (χ1) is 11.8. The number of fused-ring (bicyclic) bond motifs is 1. The van der Waals surface area contributed by atoms with Gasteiger partial charge in [-0.05, 0) is 58.3 Å². The second-order valence-corrected chi connectivity index (χ2v) is 5.49. The van der Waals surface area contributed by atoms with Crippen molar-refractivity contribution in [2.24, 2.45) is 0 Å². The second kappa shape index (κ2) is 6.09. The number of rotatable bonds is 4. The van der Waals surface area contributed by atoms with Gasteiger partial charge in [0.2, 0.25) is 0 Å². The fourth-order valence-corrected chi connectivity index (χ4v) is 2.60. The highest BCUT2D eigenvalue weighted by Crippen LogP contribution is 2.27. The largest absolute Gasteiger partial charge is 0.478 e. The summed E-state index contributed by atoms with van der Waals surface area (Å²) < 4.78 is 0. The maximum atomic E-state index is 11.2. The van der Waals surface area contributed by atoms with E-state index in [1.54, 1.807) is 24.3 Å². The van der Waals surface area contributed by atoms with Crippen LogP contribution in [-0.2, 0) is 0 Å². The maximum absolute atomic E-state index is 11.2. The minimum atomic E-state index is -1.21. The van der Waals surface area contributed by atoms with Crippen LogP contribution in [-0.4, -0.2) is 33.2 Å². The lowest BCUT2D eigenvalue weighted by Crippen LogP contribution is -2.03. The van der Waals surface area contributed by atoms with Crippen LogP contribution in [0.2, 0.25) is 0 Å². The highest BCUT2D eigenvalue weighted by atomic mass is 16.4. The van der Waals surface area contributed by atoms with Crippen molar-refractivity contribution in [2.75, 3.05) is 0 Å². The van der Waals surface area contributed by atoms with Gasteiger partial charge < -0.3 is 15.3 Å². The monoisotopic (exact) mass is 336 g/mol. The van der Waals surface area contributed by atoms with Crippen LogP contribution in [0.15, 0.2) is 54.6 Å². The Labute approximate surface area is 141 Å². The minimum Gasteiger partial charge on any atom is -0.478 e. The number of benzene rings is 3. The molecule has 0 saturated heterocycles. The molecule has 3 N–H and O–H groups in total. The minimum absolute atomic E-state index is 0.115. The molecule has 0 aromatic heterocycles. The number of carboxylic acids is 3. The van der Waals surface area contributed by atoms with Gasteiger partial charge in [-0.3, -0.25) is 0 Å². The normalized spacial score (nSPS) is 10.6. The Kier molecular flexibility index (Phi) is 3.94. The Bertz CT molecular complexity index is 1000. The number of hydrogen-bond acceptors (Lipinski definition) is 3. The Balaban J connectivity index is 2.15. The molecule has 3 rings (SSSR count). The molecule has 0 amide bonds. The topological polar surface area (TPSA) is 112 Å². The van der Waals surface area contributed by atoms with Gasteiger partial charge in [0.1, 0.15) is 0 Å². The van der Waals surface area contributed by atoms with Gasteiger partial charge in [0.15, 0.2) is 0 Å². The van der Waals surface area contributed by atoms with Crippen molar-refractivity contribution in [3.63, 3.8) is 0 Å². The molecule has 0 aliphatic heterocycles. The summed E-state index contributed by atoms with van der Waals surface area (Å²) >= 11 is 0. The SMILES string of the molecule is O=C(O)c1cc(C(=O)O)cc(-c2ccc3cc(C(=O)O)ccc3c2)c1. The average molecular weight is 336 g/mol. The lowest BCUT2D eigenvalue weighted by molar-refractivity contribution is 0.0682. The van der Waals surface area contributed by atoms with Gasteiger partial charge in [-0.2, -0.15) is 0 Å². The molecule has 0 heterocycles. The van der Waals surface area contributed by atoms with Crippen LogP contribution in [0.4, 0.5) is 0 Å². The lowest BCUT2D eigenvalue weighted by Gasteiger charge is -2.08. The van der Waals surface area contributed by atoms with E-state index in [0.717, 1.165) is 16.8 Å². The molecule has 6 nitrogen and oxygen atoms in total. The van der Waals surface area contributed by atoms with E-state index < -0.39 is 17.9 Å². The van der Waals surface area contributed by atoms with Gasteiger partial charge in [0.05, 0.1) is 16.7 Å². The standard InChI is InChI=1S/C19H12O6/c20-17(21)13-4-3-10-5-12(2-1-11(10)6-13)14-7-15(18(22)23)9-16(8-14)19(24)25/h1-9H,(H,20,21)(H,22,23)(H,24,25). The van der Waals surface area contributed by atoms with Gasteiger partial charge in [-0.1, -0.05) is 18.2 Å². The third-order valence-electron chi connectivity index (χ3n) is 3.85. The van der Waals surface area contributed by atoms with Gasteiger partial charge >= 0.3 is 17.9 Å². The van der Waals surface area contributed by atoms with Crippen LogP contribution in [0.25, 0.3) is 21.9 Å². The summed E-state index contributed by atoms with van der Waals surface area (Å²) in [6.07, 6.45) is 0. The van der Waals surface area contributed by atoms with E-state index in [1.165, 1.54) is 24.3 Å². The van der Waals surface area contributed by atoms with E-state index in [9.17, 15) is 14.4 Å². The molecule has 25 heavy (non-hydrogen) atoms. The van der Waals surface area contributed by atoms with Gasteiger partial charge in [-0.15, -0.1) is 0 Å². The van der Waals surface area contributed by atoms with Crippen molar-refractivity contribution in [1.29, 1.82) is 0 Å². The molecule has 3 aromatic carbocycles. The molecule has 0 spiro atoms. The van der Waals surface area contributed by atoms with Gasteiger partial charge in [-0.25, -0.2) is 14.4 Å². The smallest absolute Gasteiger partial charge is 0.335 e. The van der Waals surface area contributed by atoms with Crippen LogP contribution in [0.5, 0.6) is 0 Å². The molecular weight excluding hydrogens is 324 g/mol. The molecule has 0 aliphatic rings. The summed E-state index contributed by atoms with van der Waals surface area (Å²) in [5.74, 6) is -3.45. The first kappa shape index (κ1) is 16.2. The molecule has 0 aliphatic carbocycles. The Morgan fingerprint density at radius 3 is 1.60 bits per heavy atom. The average Bonchev–Trinajstić information content (AvgIpc) is 2.60. The van der Waals surface area contributed by atoms with E-state index in [1.807, 2.05) is 0 Å². The molecule has 3 aromatic rings. The van der Waals surface area contributed by atoms with E-state index in [0.29, 0.717) is 11.1 Å². The molecule has 0 bridgehead atoms. The number of carbonyl (C=O) groups is 3. The zero-order chi connectivity index (χ0) is 18.1. The van der Waals surface area contributed by atoms with Crippen molar-refractivity contribution in [2.45, 2.75) is 0 Å². The number of aromatic carboxylic acids is 3. The first-order valence-electron chi connectivity index (χ1n) is 7.24. The fourth-order valence-electron chi connectivity index (χ4n) is 2.60. The molecular formula is C19H12O6. The molecule has 124 valence electrons. The quantitative estimate of drug-likeness (QED) is 0.671. The molecule has 0 saturated carbocycles. The molecule has 6 heteroatoms. The van der Waals surface area contributed by atoms with Crippen LogP contribution in [0, 0.1) is 0 Å². The predicted molar refractivity (Wildman–Crippen MR) is 90.3 cm³/mol. The third-order valence-corrected chi connectivity index (χ3v) is 3.85. The third kappa shape index (κ3) is 3.18. The van der Waals surface area contributed by atoms with E-state index >= 15 is 0 Å². The summed E-state index contributed by atoms with van der Waals surface area (Å²) in [4.78, 5) is 33.5. The zero-order valence-electron chi connectivity index (χ0n) is 12.8. The summed E-state index contributed by atoms with van der Waals surface area (Å²) in [7, 11) is 0. The van der Waals surface area contributed by atoms with E-state index in [2.05, 4.69) is 0 Å². The van der Waals surface area contributed by atoms with Gasteiger partial charge in [0.25, 0.3) is 0 Å². The Morgan fingerprint density at radius 1 is 0.520 bits per heavy atom. The van der Waals surface area contributed by atoms with E-state index in [-0.39, 0.29) is 16.7 Å². The van der Waals surface area contributed by atoms with Crippen molar-refractivity contribution in [3.05, 3.63) is 71.3 Å². The maximum Gasteiger partial charge on any atom is 0.335 e. The summed E-state index contributed by atoms with van der Waals surface area (Å²) in [6.45, 7) is 0. The highest BCUT2D eigenvalue weighted by Gasteiger charge is 2.13. The van der Waals surface area contributed by atoms with Crippen molar-refractivity contribution in [3.8, 4) is 11.1 Å². The van der Waals surface area contributed by atoms with E-state index in [4.69, 9.17) is 15.3 Å². The Hall–Kier alpha value is -3.67. The number of carboxylic acid groups (broad SMARTS) is 3. The highest BCUT2D eigenvalue weighted by molar-refractivity contribution is 5.98. The zero-order valence-corrected chi connectivity index (χ0v) is 12.8. The van der Waals surface area contributed by atoms with Crippen LogP contribution in [0.1, 0.15) is 31.1 Å². The van der Waals surface area contributed by atoms with Crippen LogP contribution in [0.3, 0.4) is 0 Å². The molecule has 0 atom stereocenters. The summed E-state index contributed by atoms with van der Waals surface area (Å²) in [6, 6.07) is 13.8. The summed E-state index contributed by atoms with van der Waals surface area (Å²) in [5.41, 5.74) is 1.04. The van der Waals surface area contributed by atoms with Crippen LogP contribution >= 0.6 is 0 Å². The summed E-state index contributed by atoms with van der Waals surface area (Å²) in [5, 5.41) is 28.9. The van der Waals surface area contributed by atoms with Crippen molar-refractivity contribution in [1.82, 2.24) is 0 Å². The lowest BCUT2D eigenvalue weighted by atomic mass is 9.97. The number of hydrogen-bond donors (Lipinski definition) is 3. The fraction of sp³-hybridized carbons (Fsp3) is 0. The van der Waals surface area contributed by atoms with Crippen molar-refractivity contribution < 1.29 is 29.7 Å².